The predicted octanol–water partition coefficient (Wildman–Crippen LogP) is 3.39. The van der Waals surface area contributed by atoms with Crippen molar-refractivity contribution in [3.63, 3.8) is 0 Å². The van der Waals surface area contributed by atoms with Crippen molar-refractivity contribution in [2.45, 2.75) is 26.4 Å². The number of rotatable bonds is 7. The Morgan fingerprint density at radius 2 is 2.07 bits per heavy atom. The molecule has 0 fully saturated rings. The van der Waals surface area contributed by atoms with Gasteiger partial charge in [0.05, 0.1) is 31.6 Å². The quantitative estimate of drug-likeness (QED) is 0.702. The van der Waals surface area contributed by atoms with Gasteiger partial charge in [-0.25, -0.2) is 0 Å². The summed E-state index contributed by atoms with van der Waals surface area (Å²) in [5.41, 5.74) is 2.15. The van der Waals surface area contributed by atoms with Crippen molar-refractivity contribution < 1.29 is 19.1 Å². The zero-order chi connectivity index (χ0) is 21.7. The summed E-state index contributed by atoms with van der Waals surface area (Å²) in [6.07, 6.45) is 0.148. The van der Waals surface area contributed by atoms with Crippen LogP contribution in [-0.4, -0.2) is 44.7 Å². The lowest BCUT2D eigenvalue weighted by atomic mass is 10.1. The molecule has 160 valence electrons. The van der Waals surface area contributed by atoms with Crippen molar-refractivity contribution in [3.05, 3.63) is 47.0 Å². The molecule has 0 radical (unpaired) electrons. The molecule has 1 aliphatic heterocycles. The number of aryl methyl sites for hydroxylation is 1. The molecular weight excluding hydrogens is 406 g/mol. The third-order valence-corrected chi connectivity index (χ3v) is 5.20. The van der Waals surface area contributed by atoms with E-state index in [-0.39, 0.29) is 24.9 Å². The molecule has 0 bridgehead atoms. The number of para-hydroxylation sites is 2. The van der Waals surface area contributed by atoms with E-state index in [2.05, 4.69) is 10.6 Å². The summed E-state index contributed by atoms with van der Waals surface area (Å²) in [4.78, 5) is 27.1. The van der Waals surface area contributed by atoms with Crippen LogP contribution in [0, 0.1) is 6.92 Å². The van der Waals surface area contributed by atoms with Gasteiger partial charge in [-0.15, -0.1) is 0 Å². The molecule has 2 N–H and O–H groups in total. The number of carbonyl (C=O) groups is 2. The minimum absolute atomic E-state index is 0.0583. The highest BCUT2D eigenvalue weighted by molar-refractivity contribution is 6.31. The third-order valence-electron chi connectivity index (χ3n) is 4.79. The molecule has 7 nitrogen and oxygen atoms in total. The number of fused-ring (bicyclic) bond motifs is 1. The number of hydrogen-bond acceptors (Lipinski definition) is 5. The van der Waals surface area contributed by atoms with Crippen LogP contribution in [0.1, 0.15) is 18.9 Å². The van der Waals surface area contributed by atoms with Crippen molar-refractivity contribution >= 4 is 34.8 Å². The second-order valence-electron chi connectivity index (χ2n) is 7.10. The lowest BCUT2D eigenvalue weighted by Gasteiger charge is -2.35. The summed E-state index contributed by atoms with van der Waals surface area (Å²) in [6.45, 7) is 4.76. The lowest BCUT2D eigenvalue weighted by molar-refractivity contribution is -0.128. The fourth-order valence-corrected chi connectivity index (χ4v) is 3.40. The average Bonchev–Trinajstić information content (AvgIpc) is 2.74. The van der Waals surface area contributed by atoms with Gasteiger partial charge < -0.3 is 25.0 Å². The zero-order valence-corrected chi connectivity index (χ0v) is 18.1. The smallest absolute Gasteiger partial charge is 0.262 e. The number of nitrogens with one attached hydrogen (secondary N) is 2. The molecule has 2 aromatic carbocycles. The van der Waals surface area contributed by atoms with Gasteiger partial charge in [0, 0.05) is 17.6 Å². The summed E-state index contributed by atoms with van der Waals surface area (Å²) in [7, 11) is 1.52. The van der Waals surface area contributed by atoms with Crippen molar-refractivity contribution in [1.29, 1.82) is 0 Å². The van der Waals surface area contributed by atoms with Gasteiger partial charge in [0.2, 0.25) is 5.91 Å². The maximum atomic E-state index is 12.8. The molecule has 0 saturated carbocycles. The number of anilines is 2. The first-order valence-electron chi connectivity index (χ1n) is 9.85. The second-order valence-corrected chi connectivity index (χ2v) is 7.50. The van der Waals surface area contributed by atoms with Crippen LogP contribution in [0.4, 0.5) is 11.4 Å². The Morgan fingerprint density at radius 1 is 1.30 bits per heavy atom. The van der Waals surface area contributed by atoms with E-state index in [0.717, 1.165) is 17.7 Å². The van der Waals surface area contributed by atoms with Crippen molar-refractivity contribution in [2.75, 3.05) is 37.0 Å². The van der Waals surface area contributed by atoms with Gasteiger partial charge in [-0.3, -0.25) is 9.59 Å². The molecular formula is C22H26ClN3O4. The Balaban J connectivity index is 1.76. The summed E-state index contributed by atoms with van der Waals surface area (Å²) in [6, 6.07) is 10.8. The number of halogens is 1. The zero-order valence-electron chi connectivity index (χ0n) is 17.3. The highest BCUT2D eigenvalue weighted by Crippen LogP contribution is 2.34. The van der Waals surface area contributed by atoms with Crippen molar-refractivity contribution in [1.82, 2.24) is 5.32 Å². The fourth-order valence-electron chi connectivity index (χ4n) is 3.25. The number of benzene rings is 2. The van der Waals surface area contributed by atoms with Crippen molar-refractivity contribution in [2.24, 2.45) is 0 Å². The Morgan fingerprint density at radius 3 is 2.80 bits per heavy atom. The molecule has 0 aliphatic carbocycles. The first-order valence-corrected chi connectivity index (χ1v) is 10.2. The SMILES string of the molecule is CCCNC(=O)[C@@H]1CN(CC(=O)Nc2cc(C)c(Cl)cc2OC)c2ccccc2O1. The Bertz CT molecular complexity index is 935. The van der Waals surface area contributed by atoms with Crippen molar-refractivity contribution in [3.8, 4) is 11.5 Å². The van der Waals surface area contributed by atoms with Crippen LogP contribution in [0.15, 0.2) is 36.4 Å². The summed E-state index contributed by atoms with van der Waals surface area (Å²) >= 11 is 6.14. The molecule has 2 aromatic rings. The molecule has 1 atom stereocenters. The third kappa shape index (κ3) is 4.97. The summed E-state index contributed by atoms with van der Waals surface area (Å²) < 4.78 is 11.2. The number of amides is 2. The van der Waals surface area contributed by atoms with Gasteiger partial charge in [0.25, 0.3) is 5.91 Å². The molecule has 0 unspecified atom stereocenters. The van der Waals surface area contributed by atoms with E-state index in [4.69, 9.17) is 21.1 Å². The van der Waals surface area contributed by atoms with E-state index >= 15 is 0 Å². The van der Waals surface area contributed by atoms with Gasteiger partial charge in [0.1, 0.15) is 11.5 Å². The first-order chi connectivity index (χ1) is 14.4. The Hall–Kier alpha value is -2.93. The number of ether oxygens (including phenoxy) is 2. The Labute approximate surface area is 181 Å². The molecule has 8 heteroatoms. The van der Waals surface area contributed by atoms with E-state index in [0.29, 0.717) is 28.8 Å². The van der Waals surface area contributed by atoms with Crippen LogP contribution < -0.4 is 25.0 Å². The molecule has 0 saturated heterocycles. The van der Waals surface area contributed by atoms with E-state index < -0.39 is 6.10 Å². The number of nitrogens with zero attached hydrogens (tertiary/aromatic N) is 1. The van der Waals surface area contributed by atoms with Gasteiger partial charge in [-0.1, -0.05) is 30.7 Å². The normalized spacial score (nSPS) is 15.1. The van der Waals surface area contributed by atoms with E-state index in [9.17, 15) is 9.59 Å². The molecule has 1 aliphatic rings. The number of carbonyl (C=O) groups excluding carboxylic acids is 2. The standard InChI is InChI=1S/C22H26ClN3O4/c1-4-9-24-22(28)20-12-26(17-7-5-6-8-18(17)30-20)13-21(27)25-16-10-14(2)15(23)11-19(16)29-3/h5-8,10-11,20H,4,9,12-13H2,1-3H3,(H,24,28)(H,25,27)/t20-/m0/s1. The maximum Gasteiger partial charge on any atom is 0.262 e. The number of methoxy groups -OCH3 is 1. The molecule has 1 heterocycles. The van der Waals surface area contributed by atoms with Crippen LogP contribution in [-0.2, 0) is 9.59 Å². The second kappa shape index (κ2) is 9.71. The molecule has 30 heavy (non-hydrogen) atoms. The topological polar surface area (TPSA) is 79.9 Å². The van der Waals surface area contributed by atoms with E-state index in [1.807, 2.05) is 36.9 Å². The lowest BCUT2D eigenvalue weighted by Crippen LogP contribution is -2.50. The summed E-state index contributed by atoms with van der Waals surface area (Å²) in [5, 5.41) is 6.30. The van der Waals surface area contributed by atoms with Crippen LogP contribution in [0.3, 0.4) is 0 Å². The number of hydrogen-bond donors (Lipinski definition) is 2. The monoisotopic (exact) mass is 431 g/mol. The molecule has 2 amide bonds. The Kier molecular flexibility index (Phi) is 7.05. The van der Waals surface area contributed by atoms with Gasteiger partial charge in [-0.2, -0.15) is 0 Å². The molecule has 3 rings (SSSR count). The van der Waals surface area contributed by atoms with Gasteiger partial charge in [-0.05, 0) is 37.1 Å². The van der Waals surface area contributed by atoms with E-state index in [1.165, 1.54) is 7.11 Å². The largest absolute Gasteiger partial charge is 0.495 e. The van der Waals surface area contributed by atoms with Crippen LogP contribution >= 0.6 is 11.6 Å². The van der Waals surface area contributed by atoms with E-state index in [1.54, 1.807) is 18.2 Å². The fraction of sp³-hybridized carbons (Fsp3) is 0.364. The predicted molar refractivity (Wildman–Crippen MR) is 118 cm³/mol. The molecule has 0 aromatic heterocycles. The maximum absolute atomic E-state index is 12.8. The average molecular weight is 432 g/mol. The minimum Gasteiger partial charge on any atom is -0.495 e. The summed E-state index contributed by atoms with van der Waals surface area (Å²) in [5.74, 6) is 0.637. The first kappa shape index (κ1) is 21.8. The highest BCUT2D eigenvalue weighted by atomic mass is 35.5. The highest BCUT2D eigenvalue weighted by Gasteiger charge is 2.31. The van der Waals surface area contributed by atoms with Crippen LogP contribution in [0.5, 0.6) is 11.5 Å². The van der Waals surface area contributed by atoms with Crippen LogP contribution in [0.25, 0.3) is 0 Å². The van der Waals surface area contributed by atoms with Gasteiger partial charge in [0.15, 0.2) is 6.10 Å². The molecule has 0 spiro atoms. The minimum atomic E-state index is -0.688. The van der Waals surface area contributed by atoms with Gasteiger partial charge >= 0.3 is 0 Å². The van der Waals surface area contributed by atoms with Crippen LogP contribution in [0.2, 0.25) is 5.02 Å².